The average molecular weight is 559 g/mol. The van der Waals surface area contributed by atoms with E-state index in [0.717, 1.165) is 50.9 Å². The van der Waals surface area contributed by atoms with E-state index in [-0.39, 0.29) is 30.0 Å². The van der Waals surface area contributed by atoms with Crippen LogP contribution >= 0.6 is 35.3 Å². The fourth-order valence-electron chi connectivity index (χ4n) is 3.61. The van der Waals surface area contributed by atoms with Crippen LogP contribution in [-0.4, -0.2) is 68.0 Å². The fourth-order valence-corrected chi connectivity index (χ4v) is 4.63. The summed E-state index contributed by atoms with van der Waals surface area (Å²) in [6.07, 6.45) is 0.104. The van der Waals surface area contributed by atoms with Gasteiger partial charge in [-0.1, -0.05) is 30.3 Å². The summed E-state index contributed by atoms with van der Waals surface area (Å²) in [6, 6.07) is 14.7. The molecular formula is C23H35IN4O2S. The number of benzene rings is 1. The number of morpholine rings is 1. The molecule has 0 amide bonds. The molecule has 6 nitrogen and oxygen atoms in total. The summed E-state index contributed by atoms with van der Waals surface area (Å²) in [6.45, 7) is 9.55. The van der Waals surface area contributed by atoms with Gasteiger partial charge in [0.2, 0.25) is 0 Å². The maximum atomic E-state index is 10.4. The number of thiophene rings is 1. The highest BCUT2D eigenvalue weighted by molar-refractivity contribution is 14.0. The number of nitrogens with zero attached hydrogens (tertiary/aromatic N) is 2. The lowest BCUT2D eigenvalue weighted by Gasteiger charge is -2.34. The molecule has 1 aromatic heterocycles. The zero-order valence-electron chi connectivity index (χ0n) is 18.4. The predicted molar refractivity (Wildman–Crippen MR) is 140 cm³/mol. The Morgan fingerprint density at radius 1 is 1.16 bits per heavy atom. The number of nitrogens with one attached hydrogen (secondary N) is 2. The number of aryl methyl sites for hydroxylation is 1. The molecule has 172 valence electrons. The number of guanidine groups is 1. The molecule has 2 heterocycles. The van der Waals surface area contributed by atoms with E-state index in [2.05, 4.69) is 46.5 Å². The molecule has 3 rings (SSSR count). The van der Waals surface area contributed by atoms with Gasteiger partial charge in [-0.2, -0.15) is 0 Å². The van der Waals surface area contributed by atoms with Gasteiger partial charge < -0.3 is 20.5 Å². The van der Waals surface area contributed by atoms with Crippen molar-refractivity contribution in [2.75, 3.05) is 45.9 Å². The lowest BCUT2D eigenvalue weighted by molar-refractivity contribution is 0.0177. The van der Waals surface area contributed by atoms with Crippen molar-refractivity contribution >= 4 is 41.3 Å². The average Bonchev–Trinajstić information content (AvgIpc) is 3.19. The van der Waals surface area contributed by atoms with Gasteiger partial charge in [0.15, 0.2) is 5.96 Å². The van der Waals surface area contributed by atoms with Gasteiger partial charge in [0, 0.05) is 42.4 Å². The van der Waals surface area contributed by atoms with E-state index in [0.29, 0.717) is 13.0 Å². The van der Waals surface area contributed by atoms with Crippen LogP contribution in [0.4, 0.5) is 0 Å². The Kier molecular flexibility index (Phi) is 11.8. The second kappa shape index (κ2) is 14.1. The third kappa shape index (κ3) is 8.69. The standard InChI is InChI=1S/C23H34N4O2S.HI/c1-3-24-23(25-16-20(28)15-19-7-5-4-6-8-19)26-17-21(22-10-9-18(2)30-22)27-11-13-29-14-12-27;/h4-10,20-21,28H,3,11-17H2,1-2H3,(H2,24,25,26);1H. The smallest absolute Gasteiger partial charge is 0.191 e. The van der Waals surface area contributed by atoms with Gasteiger partial charge in [-0.15, -0.1) is 35.3 Å². The minimum Gasteiger partial charge on any atom is -0.391 e. The third-order valence-corrected chi connectivity index (χ3v) is 6.26. The number of aliphatic imine (C=N–C) groups is 1. The van der Waals surface area contributed by atoms with Crippen LogP contribution in [-0.2, 0) is 11.2 Å². The molecule has 2 aromatic rings. The molecule has 1 saturated heterocycles. The molecular weight excluding hydrogens is 523 g/mol. The van der Waals surface area contributed by atoms with Gasteiger partial charge in [0.1, 0.15) is 0 Å². The maximum absolute atomic E-state index is 10.4. The minimum atomic E-state index is -0.502. The number of hydrogen-bond acceptors (Lipinski definition) is 5. The van der Waals surface area contributed by atoms with Crippen molar-refractivity contribution in [1.82, 2.24) is 15.5 Å². The first-order chi connectivity index (χ1) is 14.7. The molecule has 1 aromatic carbocycles. The van der Waals surface area contributed by atoms with E-state index in [9.17, 15) is 5.11 Å². The first-order valence-electron chi connectivity index (χ1n) is 10.8. The highest BCUT2D eigenvalue weighted by Gasteiger charge is 2.24. The van der Waals surface area contributed by atoms with Gasteiger partial charge in [-0.25, -0.2) is 0 Å². The van der Waals surface area contributed by atoms with E-state index >= 15 is 0 Å². The van der Waals surface area contributed by atoms with Crippen molar-refractivity contribution in [2.45, 2.75) is 32.4 Å². The molecule has 1 aliphatic rings. The van der Waals surface area contributed by atoms with Crippen LogP contribution < -0.4 is 10.6 Å². The monoisotopic (exact) mass is 558 g/mol. The molecule has 2 unspecified atom stereocenters. The largest absolute Gasteiger partial charge is 0.391 e. The minimum absolute atomic E-state index is 0. The first-order valence-corrected chi connectivity index (χ1v) is 11.6. The first kappa shape index (κ1) is 26.1. The van der Waals surface area contributed by atoms with Crippen molar-refractivity contribution < 1.29 is 9.84 Å². The highest BCUT2D eigenvalue weighted by atomic mass is 127. The van der Waals surface area contributed by atoms with E-state index in [1.807, 2.05) is 41.7 Å². The maximum Gasteiger partial charge on any atom is 0.191 e. The molecule has 0 aliphatic carbocycles. The van der Waals surface area contributed by atoms with Crippen molar-refractivity contribution in [3.8, 4) is 0 Å². The second-order valence-corrected chi connectivity index (χ2v) is 8.88. The Hall–Kier alpha value is -1.20. The fraction of sp³-hybridized carbons (Fsp3) is 0.522. The number of rotatable bonds is 9. The van der Waals surface area contributed by atoms with Gasteiger partial charge in [0.05, 0.1) is 31.9 Å². The van der Waals surface area contributed by atoms with Crippen LogP contribution in [0.25, 0.3) is 0 Å². The highest BCUT2D eigenvalue weighted by Crippen LogP contribution is 2.27. The zero-order valence-corrected chi connectivity index (χ0v) is 21.6. The Morgan fingerprint density at radius 2 is 1.90 bits per heavy atom. The zero-order chi connectivity index (χ0) is 21.2. The van der Waals surface area contributed by atoms with E-state index < -0.39 is 6.10 Å². The predicted octanol–water partition coefficient (Wildman–Crippen LogP) is 3.21. The lowest BCUT2D eigenvalue weighted by atomic mass is 10.1. The van der Waals surface area contributed by atoms with E-state index in [4.69, 9.17) is 4.74 Å². The van der Waals surface area contributed by atoms with Crippen LogP contribution in [0.1, 0.15) is 28.3 Å². The van der Waals surface area contributed by atoms with Crippen LogP contribution in [0.15, 0.2) is 47.5 Å². The van der Waals surface area contributed by atoms with E-state index in [1.165, 1.54) is 9.75 Å². The van der Waals surface area contributed by atoms with Crippen LogP contribution in [0.3, 0.4) is 0 Å². The number of ether oxygens (including phenoxy) is 1. The van der Waals surface area contributed by atoms with Crippen molar-refractivity contribution in [1.29, 1.82) is 0 Å². The van der Waals surface area contributed by atoms with Crippen LogP contribution in [0.2, 0.25) is 0 Å². The van der Waals surface area contributed by atoms with Crippen molar-refractivity contribution in [3.63, 3.8) is 0 Å². The number of halogens is 1. The summed E-state index contributed by atoms with van der Waals surface area (Å²) in [5.41, 5.74) is 1.12. The summed E-state index contributed by atoms with van der Waals surface area (Å²) in [4.78, 5) is 9.80. The molecule has 2 atom stereocenters. The molecule has 0 radical (unpaired) electrons. The quantitative estimate of drug-likeness (QED) is 0.251. The number of hydrogen-bond donors (Lipinski definition) is 3. The molecule has 3 N–H and O–H groups in total. The van der Waals surface area contributed by atoms with Gasteiger partial charge in [-0.05, 0) is 31.5 Å². The Morgan fingerprint density at radius 3 is 2.55 bits per heavy atom. The molecule has 31 heavy (non-hydrogen) atoms. The molecule has 1 fully saturated rings. The van der Waals surface area contributed by atoms with Gasteiger partial charge in [-0.3, -0.25) is 9.89 Å². The summed E-state index contributed by atoms with van der Waals surface area (Å²) >= 11 is 1.85. The summed E-state index contributed by atoms with van der Waals surface area (Å²) in [5, 5.41) is 17.2. The van der Waals surface area contributed by atoms with Gasteiger partial charge in [0.25, 0.3) is 0 Å². The normalized spacial score (nSPS) is 16.9. The van der Waals surface area contributed by atoms with E-state index in [1.54, 1.807) is 0 Å². The summed E-state index contributed by atoms with van der Waals surface area (Å²) < 4.78 is 5.55. The SMILES string of the molecule is CCNC(=NCC(O)Cc1ccccc1)NCC(c1ccc(C)s1)N1CCOCC1.I. The summed E-state index contributed by atoms with van der Waals surface area (Å²) in [7, 11) is 0. The second-order valence-electron chi connectivity index (χ2n) is 7.56. The Labute approximate surface area is 207 Å². The Balaban J connectivity index is 0.00000341. The van der Waals surface area contributed by atoms with Crippen LogP contribution in [0, 0.1) is 6.92 Å². The Bertz CT molecular complexity index is 781. The summed E-state index contributed by atoms with van der Waals surface area (Å²) in [5.74, 6) is 0.746. The van der Waals surface area contributed by atoms with Crippen molar-refractivity contribution in [2.24, 2.45) is 4.99 Å². The molecule has 8 heteroatoms. The number of aliphatic hydroxyl groups excluding tert-OH is 1. The molecule has 0 bridgehead atoms. The molecule has 0 saturated carbocycles. The van der Waals surface area contributed by atoms with Crippen molar-refractivity contribution in [3.05, 3.63) is 57.8 Å². The topological polar surface area (TPSA) is 69.1 Å². The number of aliphatic hydroxyl groups is 1. The molecule has 1 aliphatic heterocycles. The molecule has 0 spiro atoms. The van der Waals surface area contributed by atoms with Gasteiger partial charge >= 0.3 is 0 Å². The third-order valence-electron chi connectivity index (χ3n) is 5.16. The lowest BCUT2D eigenvalue weighted by Crippen LogP contribution is -2.46. The van der Waals surface area contributed by atoms with Crippen LogP contribution in [0.5, 0.6) is 0 Å².